The fraction of sp³-hybridized carbons (Fsp3) is 0.500. The maximum Gasteiger partial charge on any atom is 0.0543 e. The average molecular weight is 138 g/mol. The van der Waals surface area contributed by atoms with Crippen LogP contribution in [0.4, 0.5) is 0 Å². The molecule has 2 N–H and O–H groups in total. The fourth-order valence-corrected chi connectivity index (χ4v) is 0.719. The Morgan fingerprint density at radius 3 is 2.57 bits per heavy atom. The van der Waals surface area contributed by atoms with Crippen LogP contribution in [0.3, 0.4) is 0 Å². The lowest BCUT2D eigenvalue weighted by Gasteiger charge is -1.90. The Morgan fingerprint density at radius 2 is 2.57 bits per heavy atom. The van der Waals surface area contributed by atoms with Crippen LogP contribution < -0.4 is 5.14 Å². The van der Waals surface area contributed by atoms with Gasteiger partial charge in [-0.25, -0.2) is 0 Å². The van der Waals surface area contributed by atoms with Crippen LogP contribution >= 0.6 is 23.5 Å². The zero-order chi connectivity index (χ0) is 5.70. The molecule has 0 radical (unpaired) electrons. The Labute approximate surface area is 53.0 Å². The number of hydrogen-bond acceptors (Lipinski definition) is 2. The number of nitrogens with two attached hydrogens (primary N) is 1. The molecule has 0 aromatic heterocycles. The highest BCUT2D eigenvalue weighted by Gasteiger charge is 1.85. The molecule has 0 saturated heterocycles. The van der Waals surface area contributed by atoms with Crippen molar-refractivity contribution in [3.05, 3.63) is 11.0 Å². The standard InChI is InChI=1S/C4H8ClNS/c1-2-4(3-5)7-6/h2H,3,6H2,1H3/b4-2+. The van der Waals surface area contributed by atoms with Crippen LogP contribution in [-0.4, -0.2) is 5.88 Å². The van der Waals surface area contributed by atoms with E-state index in [4.69, 9.17) is 16.7 Å². The summed E-state index contributed by atoms with van der Waals surface area (Å²) in [6.07, 6.45) is 1.90. The van der Waals surface area contributed by atoms with Crippen molar-refractivity contribution in [3.8, 4) is 0 Å². The van der Waals surface area contributed by atoms with Crippen LogP contribution in [0.2, 0.25) is 0 Å². The SMILES string of the molecule is C/C=C(\CCl)SN. The van der Waals surface area contributed by atoms with Crippen molar-refractivity contribution < 1.29 is 0 Å². The molecular formula is C4H8ClNS. The maximum atomic E-state index is 5.40. The molecule has 3 heteroatoms. The van der Waals surface area contributed by atoms with Crippen molar-refractivity contribution in [2.75, 3.05) is 5.88 Å². The van der Waals surface area contributed by atoms with Gasteiger partial charge in [0.15, 0.2) is 0 Å². The zero-order valence-electron chi connectivity index (χ0n) is 4.15. The van der Waals surface area contributed by atoms with E-state index in [1.807, 2.05) is 13.0 Å². The second-order valence-corrected chi connectivity index (χ2v) is 2.03. The lowest BCUT2D eigenvalue weighted by molar-refractivity contribution is 1.60. The van der Waals surface area contributed by atoms with Gasteiger partial charge in [0.25, 0.3) is 0 Å². The fourth-order valence-electron chi connectivity index (χ4n) is 0.177. The first-order chi connectivity index (χ1) is 3.35. The van der Waals surface area contributed by atoms with Crippen LogP contribution in [0, 0.1) is 0 Å². The number of allylic oxidation sites excluding steroid dienone is 2. The lowest BCUT2D eigenvalue weighted by Crippen LogP contribution is -1.82. The first-order valence-corrected chi connectivity index (χ1v) is 3.34. The summed E-state index contributed by atoms with van der Waals surface area (Å²) in [4.78, 5) is 1.02. The molecule has 42 valence electrons. The molecule has 0 spiro atoms. The summed E-state index contributed by atoms with van der Waals surface area (Å²) in [6.45, 7) is 1.91. The Morgan fingerprint density at radius 1 is 2.00 bits per heavy atom. The van der Waals surface area contributed by atoms with E-state index in [9.17, 15) is 0 Å². The predicted octanol–water partition coefficient (Wildman–Crippen LogP) is 1.74. The molecule has 0 aromatic carbocycles. The molecule has 0 aliphatic rings. The maximum absolute atomic E-state index is 5.40. The zero-order valence-corrected chi connectivity index (χ0v) is 5.72. The number of alkyl halides is 1. The topological polar surface area (TPSA) is 26.0 Å². The van der Waals surface area contributed by atoms with Crippen LogP contribution in [0.25, 0.3) is 0 Å². The smallest absolute Gasteiger partial charge is 0.0543 e. The largest absolute Gasteiger partial charge is 0.274 e. The van der Waals surface area contributed by atoms with E-state index in [0.29, 0.717) is 5.88 Å². The Balaban J connectivity index is 3.38. The van der Waals surface area contributed by atoms with Crippen molar-refractivity contribution in [2.45, 2.75) is 6.92 Å². The highest BCUT2D eigenvalue weighted by atomic mass is 35.5. The van der Waals surface area contributed by atoms with E-state index in [1.165, 1.54) is 11.9 Å². The van der Waals surface area contributed by atoms with Gasteiger partial charge in [-0.2, -0.15) is 0 Å². The van der Waals surface area contributed by atoms with Gasteiger partial charge in [-0.3, -0.25) is 5.14 Å². The van der Waals surface area contributed by atoms with E-state index in [-0.39, 0.29) is 0 Å². The molecule has 7 heavy (non-hydrogen) atoms. The van der Waals surface area contributed by atoms with Gasteiger partial charge in [0, 0.05) is 4.91 Å². The predicted molar refractivity (Wildman–Crippen MR) is 36.3 cm³/mol. The van der Waals surface area contributed by atoms with Gasteiger partial charge in [0.05, 0.1) is 5.88 Å². The monoisotopic (exact) mass is 137 g/mol. The minimum atomic E-state index is 0.525. The quantitative estimate of drug-likeness (QED) is 0.464. The highest BCUT2D eigenvalue weighted by Crippen LogP contribution is 2.07. The number of halogens is 1. The Kier molecular flexibility index (Phi) is 4.72. The van der Waals surface area contributed by atoms with Gasteiger partial charge >= 0.3 is 0 Å². The minimum Gasteiger partial charge on any atom is -0.274 e. The first kappa shape index (κ1) is 7.34. The summed E-state index contributed by atoms with van der Waals surface area (Å²) in [5, 5.41) is 5.16. The van der Waals surface area contributed by atoms with Gasteiger partial charge < -0.3 is 0 Å². The van der Waals surface area contributed by atoms with Gasteiger partial charge in [-0.15, -0.1) is 11.6 Å². The van der Waals surface area contributed by atoms with E-state index in [2.05, 4.69) is 0 Å². The molecular weight excluding hydrogens is 130 g/mol. The normalized spacial score (nSPS) is 12.1. The van der Waals surface area contributed by atoms with E-state index in [1.54, 1.807) is 0 Å². The molecule has 0 atom stereocenters. The summed E-state index contributed by atoms with van der Waals surface area (Å²) in [5.74, 6) is 0.525. The Bertz CT molecular complexity index is 66.1. The third-order valence-electron chi connectivity index (χ3n) is 0.605. The highest BCUT2D eigenvalue weighted by molar-refractivity contribution is 8.01. The molecule has 0 bridgehead atoms. The van der Waals surface area contributed by atoms with E-state index < -0.39 is 0 Å². The summed E-state index contributed by atoms with van der Waals surface area (Å²) in [5.41, 5.74) is 0. The summed E-state index contributed by atoms with van der Waals surface area (Å²) in [6, 6.07) is 0. The number of rotatable bonds is 2. The van der Waals surface area contributed by atoms with Crippen molar-refractivity contribution in [1.29, 1.82) is 0 Å². The van der Waals surface area contributed by atoms with Gasteiger partial charge in [0.1, 0.15) is 0 Å². The van der Waals surface area contributed by atoms with Crippen LogP contribution in [0.5, 0.6) is 0 Å². The number of hydrogen-bond donors (Lipinski definition) is 1. The molecule has 0 heterocycles. The molecule has 0 aromatic rings. The lowest BCUT2D eigenvalue weighted by atomic mass is 10.6. The van der Waals surface area contributed by atoms with Crippen LogP contribution in [-0.2, 0) is 0 Å². The van der Waals surface area contributed by atoms with Crippen LogP contribution in [0.1, 0.15) is 6.92 Å². The molecule has 1 nitrogen and oxygen atoms in total. The van der Waals surface area contributed by atoms with E-state index in [0.717, 1.165) is 4.91 Å². The average Bonchev–Trinajstić information content (AvgIpc) is 1.72. The van der Waals surface area contributed by atoms with Crippen molar-refractivity contribution in [1.82, 2.24) is 0 Å². The molecule has 0 amide bonds. The second-order valence-electron chi connectivity index (χ2n) is 1.01. The molecule has 0 saturated carbocycles. The third-order valence-corrected chi connectivity index (χ3v) is 1.73. The summed E-state index contributed by atoms with van der Waals surface area (Å²) < 4.78 is 0. The van der Waals surface area contributed by atoms with Crippen molar-refractivity contribution in [2.24, 2.45) is 5.14 Å². The molecule has 0 unspecified atom stereocenters. The first-order valence-electron chi connectivity index (χ1n) is 1.93. The van der Waals surface area contributed by atoms with E-state index >= 15 is 0 Å². The van der Waals surface area contributed by atoms with Crippen molar-refractivity contribution >= 4 is 23.5 Å². The van der Waals surface area contributed by atoms with Crippen molar-refractivity contribution in [3.63, 3.8) is 0 Å². The van der Waals surface area contributed by atoms with Gasteiger partial charge in [-0.1, -0.05) is 18.0 Å². The summed E-state index contributed by atoms with van der Waals surface area (Å²) >= 11 is 6.60. The third kappa shape index (κ3) is 2.97. The molecule has 0 fully saturated rings. The second kappa shape index (κ2) is 4.50. The van der Waals surface area contributed by atoms with Gasteiger partial charge in [0.2, 0.25) is 0 Å². The Hall–Kier alpha value is 0.340. The molecule has 0 aliphatic heterocycles. The van der Waals surface area contributed by atoms with Crippen LogP contribution in [0.15, 0.2) is 11.0 Å². The molecule has 0 aliphatic carbocycles. The summed E-state index contributed by atoms with van der Waals surface area (Å²) in [7, 11) is 0. The molecule has 0 rings (SSSR count). The van der Waals surface area contributed by atoms with Gasteiger partial charge in [-0.05, 0) is 6.92 Å². The minimum absolute atomic E-state index is 0.525.